The van der Waals surface area contributed by atoms with Gasteiger partial charge in [-0.1, -0.05) is 12.7 Å². The van der Waals surface area contributed by atoms with Crippen molar-refractivity contribution in [2.75, 3.05) is 0 Å². The zero-order valence-electron chi connectivity index (χ0n) is 7.59. The average Bonchev–Trinajstić information content (AvgIpc) is 2.04. The van der Waals surface area contributed by atoms with Crippen LogP contribution in [0.15, 0.2) is 23.8 Å². The number of hydrogen-bond donors (Lipinski definition) is 0. The molecule has 0 radical (unpaired) electrons. The molecule has 2 nitrogen and oxygen atoms in total. The lowest BCUT2D eigenvalue weighted by Crippen LogP contribution is -2.25. The van der Waals surface area contributed by atoms with Crippen LogP contribution < -0.4 is 0 Å². The third-order valence-corrected chi connectivity index (χ3v) is 2.09. The number of cyclic esters (lactones) is 1. The molecule has 2 heteroatoms. The van der Waals surface area contributed by atoms with Crippen molar-refractivity contribution in [2.24, 2.45) is 0 Å². The highest BCUT2D eigenvalue weighted by Crippen LogP contribution is 2.22. The van der Waals surface area contributed by atoms with Crippen LogP contribution in [-0.2, 0) is 9.53 Å². The highest BCUT2D eigenvalue weighted by Gasteiger charge is 2.24. The molecule has 0 bridgehead atoms. The van der Waals surface area contributed by atoms with Crippen LogP contribution >= 0.6 is 0 Å². The van der Waals surface area contributed by atoms with Crippen molar-refractivity contribution in [1.82, 2.24) is 0 Å². The molecule has 1 aliphatic rings. The molecule has 0 aliphatic carbocycles. The molecule has 66 valence electrons. The molecule has 1 saturated heterocycles. The molecule has 1 atom stereocenters. The molecular weight excluding hydrogens is 152 g/mol. The first-order chi connectivity index (χ1) is 5.65. The molecule has 0 spiro atoms. The molecule has 0 amide bonds. The number of hydrogen-bond acceptors (Lipinski definition) is 2. The van der Waals surface area contributed by atoms with Gasteiger partial charge in [-0.05, 0) is 32.3 Å². The van der Waals surface area contributed by atoms with Crippen LogP contribution in [0.25, 0.3) is 0 Å². The van der Waals surface area contributed by atoms with E-state index < -0.39 is 0 Å². The van der Waals surface area contributed by atoms with Crippen LogP contribution in [0.2, 0.25) is 0 Å². The summed E-state index contributed by atoms with van der Waals surface area (Å²) in [5, 5.41) is 0. The molecule has 12 heavy (non-hydrogen) atoms. The van der Waals surface area contributed by atoms with Crippen molar-refractivity contribution < 1.29 is 9.53 Å². The van der Waals surface area contributed by atoms with Crippen LogP contribution in [0.4, 0.5) is 0 Å². The number of allylic oxidation sites excluding steroid dienone is 1. The third-order valence-electron chi connectivity index (χ3n) is 2.09. The Morgan fingerprint density at radius 3 is 2.83 bits per heavy atom. The predicted octanol–water partition coefficient (Wildman–Crippen LogP) is 2.21. The summed E-state index contributed by atoms with van der Waals surface area (Å²) in [5.74, 6) is -0.184. The van der Waals surface area contributed by atoms with E-state index in [1.165, 1.54) is 0 Å². The van der Waals surface area contributed by atoms with Crippen LogP contribution in [0.3, 0.4) is 0 Å². The smallest absolute Gasteiger partial charge is 0.334 e. The Labute approximate surface area is 72.9 Å². The van der Waals surface area contributed by atoms with Gasteiger partial charge in [-0.3, -0.25) is 0 Å². The summed E-state index contributed by atoms with van der Waals surface area (Å²) in [7, 11) is 0. The van der Waals surface area contributed by atoms with E-state index in [-0.39, 0.29) is 12.1 Å². The number of ether oxygens (including phenoxy) is 1. The van der Waals surface area contributed by atoms with Crippen molar-refractivity contribution >= 4 is 5.97 Å². The SMILES string of the molecule is C=C(C)C1CC/C(=C/C)C(=O)O1. The van der Waals surface area contributed by atoms with Crippen LogP contribution in [0.1, 0.15) is 26.7 Å². The minimum Gasteiger partial charge on any atom is -0.455 e. The largest absolute Gasteiger partial charge is 0.455 e. The van der Waals surface area contributed by atoms with E-state index in [1.54, 1.807) is 0 Å². The van der Waals surface area contributed by atoms with Gasteiger partial charge in [0.25, 0.3) is 0 Å². The molecule has 0 aromatic heterocycles. The average molecular weight is 166 g/mol. The fourth-order valence-corrected chi connectivity index (χ4v) is 1.26. The maximum atomic E-state index is 11.2. The van der Waals surface area contributed by atoms with Gasteiger partial charge in [-0.15, -0.1) is 0 Å². The summed E-state index contributed by atoms with van der Waals surface area (Å²) in [6.45, 7) is 7.51. The van der Waals surface area contributed by atoms with Gasteiger partial charge < -0.3 is 4.74 Å². The van der Waals surface area contributed by atoms with Gasteiger partial charge in [0.2, 0.25) is 0 Å². The molecule has 0 aromatic carbocycles. The second-order valence-corrected chi connectivity index (χ2v) is 3.09. The number of esters is 1. The minimum absolute atomic E-state index is 0.0683. The van der Waals surface area contributed by atoms with E-state index in [0.717, 1.165) is 24.0 Å². The fraction of sp³-hybridized carbons (Fsp3) is 0.500. The molecule has 1 fully saturated rings. The summed E-state index contributed by atoms with van der Waals surface area (Å²) in [5.41, 5.74) is 1.71. The van der Waals surface area contributed by atoms with E-state index in [0.29, 0.717) is 0 Å². The topological polar surface area (TPSA) is 26.3 Å². The van der Waals surface area contributed by atoms with Crippen molar-refractivity contribution in [3.05, 3.63) is 23.8 Å². The highest BCUT2D eigenvalue weighted by atomic mass is 16.5. The molecule has 1 heterocycles. The Morgan fingerprint density at radius 1 is 1.75 bits per heavy atom. The van der Waals surface area contributed by atoms with Gasteiger partial charge in [0.15, 0.2) is 0 Å². The Hall–Kier alpha value is -1.05. The zero-order valence-corrected chi connectivity index (χ0v) is 7.59. The van der Waals surface area contributed by atoms with E-state index >= 15 is 0 Å². The predicted molar refractivity (Wildman–Crippen MR) is 47.7 cm³/mol. The molecular formula is C10H14O2. The number of carbonyl (C=O) groups excluding carboxylic acids is 1. The monoisotopic (exact) mass is 166 g/mol. The summed E-state index contributed by atoms with van der Waals surface area (Å²) < 4.78 is 5.14. The first kappa shape index (κ1) is 9.04. The first-order valence-electron chi connectivity index (χ1n) is 4.16. The van der Waals surface area contributed by atoms with Crippen molar-refractivity contribution in [2.45, 2.75) is 32.8 Å². The Kier molecular flexibility index (Phi) is 2.69. The second kappa shape index (κ2) is 3.57. The Bertz CT molecular complexity index is 238. The molecule has 0 aromatic rings. The molecule has 1 aliphatic heterocycles. The van der Waals surface area contributed by atoms with Gasteiger partial charge in [0, 0.05) is 5.57 Å². The summed E-state index contributed by atoms with van der Waals surface area (Å²) in [4.78, 5) is 11.2. The van der Waals surface area contributed by atoms with Crippen molar-refractivity contribution in [1.29, 1.82) is 0 Å². The van der Waals surface area contributed by atoms with Crippen molar-refractivity contribution in [3.8, 4) is 0 Å². The number of carbonyl (C=O) groups is 1. The van der Waals surface area contributed by atoms with Gasteiger partial charge in [-0.25, -0.2) is 4.79 Å². The molecule has 0 N–H and O–H groups in total. The molecule has 1 unspecified atom stereocenters. The van der Waals surface area contributed by atoms with E-state index in [1.807, 2.05) is 19.9 Å². The number of rotatable bonds is 1. The van der Waals surface area contributed by atoms with E-state index in [9.17, 15) is 4.79 Å². The van der Waals surface area contributed by atoms with Crippen molar-refractivity contribution in [3.63, 3.8) is 0 Å². The fourth-order valence-electron chi connectivity index (χ4n) is 1.26. The van der Waals surface area contributed by atoms with Crippen LogP contribution in [0, 0.1) is 0 Å². The Morgan fingerprint density at radius 2 is 2.42 bits per heavy atom. The quantitative estimate of drug-likeness (QED) is 0.339. The van der Waals surface area contributed by atoms with E-state index in [2.05, 4.69) is 6.58 Å². The summed E-state index contributed by atoms with van der Waals surface area (Å²) >= 11 is 0. The highest BCUT2D eigenvalue weighted by molar-refractivity contribution is 5.89. The zero-order chi connectivity index (χ0) is 9.14. The molecule has 0 saturated carbocycles. The van der Waals surface area contributed by atoms with Gasteiger partial charge in [0.1, 0.15) is 6.10 Å². The lowest BCUT2D eigenvalue weighted by Gasteiger charge is -2.23. The normalized spacial score (nSPS) is 27.0. The van der Waals surface area contributed by atoms with Crippen LogP contribution in [0.5, 0.6) is 0 Å². The van der Waals surface area contributed by atoms with Crippen LogP contribution in [-0.4, -0.2) is 12.1 Å². The summed E-state index contributed by atoms with van der Waals surface area (Å²) in [6, 6.07) is 0. The second-order valence-electron chi connectivity index (χ2n) is 3.09. The van der Waals surface area contributed by atoms with Gasteiger partial charge in [-0.2, -0.15) is 0 Å². The lowest BCUT2D eigenvalue weighted by molar-refractivity contribution is -0.145. The third kappa shape index (κ3) is 1.76. The maximum absolute atomic E-state index is 11.2. The lowest BCUT2D eigenvalue weighted by atomic mass is 10.00. The summed E-state index contributed by atoms with van der Waals surface area (Å²) in [6.07, 6.45) is 3.44. The molecule has 1 rings (SSSR count). The van der Waals surface area contributed by atoms with E-state index in [4.69, 9.17) is 4.74 Å². The Balaban J connectivity index is 2.64. The maximum Gasteiger partial charge on any atom is 0.334 e. The van der Waals surface area contributed by atoms with Gasteiger partial charge in [0.05, 0.1) is 0 Å². The standard InChI is InChI=1S/C10H14O2/c1-4-8-5-6-9(7(2)3)12-10(8)11/h4,9H,2,5-6H2,1,3H3/b8-4-. The first-order valence-corrected chi connectivity index (χ1v) is 4.16. The minimum atomic E-state index is -0.184. The van der Waals surface area contributed by atoms with Gasteiger partial charge >= 0.3 is 5.97 Å².